The molecule has 1 N–H and O–H groups in total. The van der Waals surface area contributed by atoms with Crippen LogP contribution in [0.4, 0.5) is 0 Å². The molecular formula is C16H16BrClO. The normalized spacial score (nSPS) is 14.2. The van der Waals surface area contributed by atoms with Gasteiger partial charge < -0.3 is 5.11 Å². The molecule has 0 spiro atoms. The average molecular weight is 340 g/mol. The number of hydrogen-bond acceptors (Lipinski definition) is 1. The summed E-state index contributed by atoms with van der Waals surface area (Å²) < 4.78 is 0.900. The van der Waals surface area contributed by atoms with Crippen molar-refractivity contribution >= 4 is 27.5 Å². The fourth-order valence-electron chi connectivity index (χ4n) is 2.08. The summed E-state index contributed by atoms with van der Waals surface area (Å²) >= 11 is 9.62. The zero-order chi connectivity index (χ0) is 14.2. The molecule has 0 heterocycles. The first-order valence-corrected chi connectivity index (χ1v) is 7.25. The van der Waals surface area contributed by atoms with Crippen LogP contribution in [-0.2, 0) is 5.60 Å². The summed E-state index contributed by atoms with van der Waals surface area (Å²) in [4.78, 5) is 0. The number of benzene rings is 2. The SMILES string of the molecule is Cc1ccc(C(C)(O)c2ccc(Br)cc2Cl)cc1C. The Labute approximate surface area is 127 Å². The van der Waals surface area contributed by atoms with Crippen LogP contribution < -0.4 is 0 Å². The van der Waals surface area contributed by atoms with Crippen LogP contribution in [0.25, 0.3) is 0 Å². The van der Waals surface area contributed by atoms with Gasteiger partial charge in [-0.3, -0.25) is 0 Å². The van der Waals surface area contributed by atoms with Gasteiger partial charge in [-0.05, 0) is 49.6 Å². The molecule has 0 radical (unpaired) electrons. The summed E-state index contributed by atoms with van der Waals surface area (Å²) in [6, 6.07) is 11.5. The van der Waals surface area contributed by atoms with E-state index in [4.69, 9.17) is 11.6 Å². The third-order valence-electron chi connectivity index (χ3n) is 3.52. The van der Waals surface area contributed by atoms with Crippen molar-refractivity contribution in [2.75, 3.05) is 0 Å². The predicted molar refractivity (Wildman–Crippen MR) is 83.7 cm³/mol. The Kier molecular flexibility index (Phi) is 4.05. The van der Waals surface area contributed by atoms with Gasteiger partial charge in [-0.15, -0.1) is 0 Å². The molecule has 2 aromatic carbocycles. The highest BCUT2D eigenvalue weighted by Crippen LogP contribution is 2.35. The fourth-order valence-corrected chi connectivity index (χ4v) is 2.94. The topological polar surface area (TPSA) is 20.2 Å². The van der Waals surface area contributed by atoms with Gasteiger partial charge in [0.1, 0.15) is 5.60 Å². The standard InChI is InChI=1S/C16H16BrClO/c1-10-4-5-12(8-11(10)2)16(3,19)14-7-6-13(17)9-15(14)18/h4-9,19H,1-3H3. The monoisotopic (exact) mass is 338 g/mol. The molecule has 1 nitrogen and oxygen atoms in total. The maximum atomic E-state index is 10.8. The van der Waals surface area contributed by atoms with E-state index in [1.54, 1.807) is 13.0 Å². The molecule has 100 valence electrons. The molecule has 0 saturated heterocycles. The number of rotatable bonds is 2. The number of hydrogen-bond donors (Lipinski definition) is 1. The van der Waals surface area contributed by atoms with Crippen molar-refractivity contribution < 1.29 is 5.11 Å². The van der Waals surface area contributed by atoms with E-state index in [1.807, 2.05) is 37.3 Å². The van der Waals surface area contributed by atoms with Crippen molar-refractivity contribution in [3.63, 3.8) is 0 Å². The maximum Gasteiger partial charge on any atom is 0.113 e. The van der Waals surface area contributed by atoms with Crippen molar-refractivity contribution in [1.82, 2.24) is 0 Å². The van der Waals surface area contributed by atoms with Crippen molar-refractivity contribution in [2.24, 2.45) is 0 Å². The van der Waals surface area contributed by atoms with E-state index < -0.39 is 5.60 Å². The summed E-state index contributed by atoms with van der Waals surface area (Å²) in [7, 11) is 0. The highest BCUT2D eigenvalue weighted by molar-refractivity contribution is 9.10. The minimum absolute atomic E-state index is 0.553. The van der Waals surface area contributed by atoms with Crippen LogP contribution in [-0.4, -0.2) is 5.11 Å². The highest BCUT2D eigenvalue weighted by Gasteiger charge is 2.28. The zero-order valence-corrected chi connectivity index (χ0v) is 13.5. The summed E-state index contributed by atoms with van der Waals surface area (Å²) in [6.45, 7) is 5.87. The van der Waals surface area contributed by atoms with Crippen LogP contribution in [0.15, 0.2) is 40.9 Å². The predicted octanol–water partition coefficient (Wildman–Crippen LogP) is 4.98. The third kappa shape index (κ3) is 2.86. The lowest BCUT2D eigenvalue weighted by molar-refractivity contribution is 0.102. The van der Waals surface area contributed by atoms with Gasteiger partial charge in [-0.2, -0.15) is 0 Å². The second-order valence-corrected chi connectivity index (χ2v) is 6.32. The molecule has 2 rings (SSSR count). The molecule has 0 bridgehead atoms. The molecule has 0 aliphatic carbocycles. The largest absolute Gasteiger partial charge is 0.381 e. The van der Waals surface area contributed by atoms with Gasteiger partial charge >= 0.3 is 0 Å². The van der Waals surface area contributed by atoms with Crippen LogP contribution in [0, 0.1) is 13.8 Å². The second kappa shape index (κ2) is 5.28. The molecule has 0 amide bonds. The maximum absolute atomic E-state index is 10.8. The third-order valence-corrected chi connectivity index (χ3v) is 4.33. The molecule has 0 saturated carbocycles. The van der Waals surface area contributed by atoms with E-state index in [2.05, 4.69) is 22.9 Å². The Hall–Kier alpha value is -0.830. The van der Waals surface area contributed by atoms with Crippen LogP contribution >= 0.6 is 27.5 Å². The van der Waals surface area contributed by atoms with Crippen molar-refractivity contribution in [3.8, 4) is 0 Å². The number of aryl methyl sites for hydroxylation is 2. The summed E-state index contributed by atoms with van der Waals surface area (Å²) in [5, 5.41) is 11.4. The summed E-state index contributed by atoms with van der Waals surface area (Å²) in [6.07, 6.45) is 0. The Morgan fingerprint density at radius 3 is 2.32 bits per heavy atom. The van der Waals surface area contributed by atoms with Gasteiger partial charge in [0, 0.05) is 15.1 Å². The zero-order valence-electron chi connectivity index (χ0n) is 11.2. The lowest BCUT2D eigenvalue weighted by Gasteiger charge is -2.26. The van der Waals surface area contributed by atoms with Gasteiger partial charge in [0.05, 0.1) is 0 Å². The first-order valence-electron chi connectivity index (χ1n) is 6.08. The van der Waals surface area contributed by atoms with Crippen molar-refractivity contribution in [3.05, 3.63) is 68.1 Å². The molecule has 0 fully saturated rings. The van der Waals surface area contributed by atoms with Gasteiger partial charge in [-0.1, -0.05) is 51.8 Å². The minimum atomic E-state index is -1.10. The molecular weight excluding hydrogens is 324 g/mol. The smallest absolute Gasteiger partial charge is 0.113 e. The fraction of sp³-hybridized carbons (Fsp3) is 0.250. The van der Waals surface area contributed by atoms with Crippen LogP contribution in [0.2, 0.25) is 5.02 Å². The van der Waals surface area contributed by atoms with Crippen molar-refractivity contribution in [2.45, 2.75) is 26.4 Å². The second-order valence-electron chi connectivity index (χ2n) is 5.00. The molecule has 1 atom stereocenters. The van der Waals surface area contributed by atoms with E-state index in [0.29, 0.717) is 10.6 Å². The Morgan fingerprint density at radius 2 is 1.74 bits per heavy atom. The Morgan fingerprint density at radius 1 is 1.05 bits per heavy atom. The van der Waals surface area contributed by atoms with E-state index in [9.17, 15) is 5.11 Å². The molecule has 0 aliphatic heterocycles. The molecule has 2 aromatic rings. The van der Waals surface area contributed by atoms with E-state index in [0.717, 1.165) is 15.6 Å². The summed E-state index contributed by atoms with van der Waals surface area (Å²) in [5.41, 5.74) is 2.82. The first kappa shape index (κ1) is 14.6. The highest BCUT2D eigenvalue weighted by atomic mass is 79.9. The molecule has 3 heteroatoms. The Bertz CT molecular complexity index is 620. The Balaban J connectivity index is 2.54. The van der Waals surface area contributed by atoms with E-state index in [1.165, 1.54) is 5.56 Å². The van der Waals surface area contributed by atoms with Gasteiger partial charge in [0.2, 0.25) is 0 Å². The molecule has 0 aliphatic rings. The van der Waals surface area contributed by atoms with E-state index >= 15 is 0 Å². The minimum Gasteiger partial charge on any atom is -0.381 e. The molecule has 19 heavy (non-hydrogen) atoms. The lowest BCUT2D eigenvalue weighted by atomic mass is 9.87. The number of halogens is 2. The summed E-state index contributed by atoms with van der Waals surface area (Å²) in [5.74, 6) is 0. The number of aliphatic hydroxyl groups is 1. The van der Waals surface area contributed by atoms with Gasteiger partial charge in [0.25, 0.3) is 0 Å². The van der Waals surface area contributed by atoms with Crippen LogP contribution in [0.1, 0.15) is 29.2 Å². The quantitative estimate of drug-likeness (QED) is 0.818. The van der Waals surface area contributed by atoms with Crippen LogP contribution in [0.3, 0.4) is 0 Å². The van der Waals surface area contributed by atoms with Gasteiger partial charge in [0.15, 0.2) is 0 Å². The molecule has 1 unspecified atom stereocenters. The van der Waals surface area contributed by atoms with Crippen molar-refractivity contribution in [1.29, 1.82) is 0 Å². The molecule has 0 aromatic heterocycles. The first-order chi connectivity index (χ1) is 8.82. The van der Waals surface area contributed by atoms with Gasteiger partial charge in [-0.25, -0.2) is 0 Å². The van der Waals surface area contributed by atoms with Crippen LogP contribution in [0.5, 0.6) is 0 Å². The average Bonchev–Trinajstić information content (AvgIpc) is 2.32. The lowest BCUT2D eigenvalue weighted by Crippen LogP contribution is -2.23. The van der Waals surface area contributed by atoms with E-state index in [-0.39, 0.29) is 0 Å².